The molecule has 0 fully saturated rings. The van der Waals surface area contributed by atoms with Gasteiger partial charge in [0.1, 0.15) is 17.1 Å². The fourth-order valence-corrected chi connectivity index (χ4v) is 5.00. The minimum Gasteiger partial charge on any atom is -0.505 e. The highest BCUT2D eigenvalue weighted by Gasteiger charge is 2.21. The van der Waals surface area contributed by atoms with Crippen LogP contribution in [0.3, 0.4) is 0 Å². The van der Waals surface area contributed by atoms with Crippen LogP contribution in [0, 0.1) is 0 Å². The molecule has 0 spiro atoms. The molecule has 0 aromatic heterocycles. The molecular formula is C26H22ClN3O6S. The van der Waals surface area contributed by atoms with E-state index in [2.05, 4.69) is 15.5 Å². The third kappa shape index (κ3) is 5.41. The van der Waals surface area contributed by atoms with Crippen LogP contribution in [0.5, 0.6) is 11.5 Å². The van der Waals surface area contributed by atoms with Crippen molar-refractivity contribution < 1.29 is 27.6 Å². The van der Waals surface area contributed by atoms with E-state index in [1.165, 1.54) is 19.2 Å². The molecule has 1 amide bonds. The third-order valence-electron chi connectivity index (χ3n) is 5.66. The van der Waals surface area contributed by atoms with Crippen LogP contribution >= 0.6 is 11.6 Å². The standard InChI is InChI=1S/C26H22ClN3O6S/c1-3-18-22(37(33,34)35)13-12-21(23(18)27)29-30-24-19-7-5-4-6-15(19)14-20(25(24)31)26(32)28-16-8-10-17(36-2)11-9-16/h4-14,31H,3H2,1-2H3,(H,28,32)(H,33,34,35). The lowest BCUT2D eigenvalue weighted by atomic mass is 10.0. The first-order valence-electron chi connectivity index (χ1n) is 11.0. The molecule has 4 aromatic rings. The molecule has 0 radical (unpaired) electrons. The number of carbonyl (C=O) groups excluding carboxylic acids is 1. The monoisotopic (exact) mass is 539 g/mol. The molecule has 0 aliphatic rings. The minimum absolute atomic E-state index is 0.00132. The zero-order valence-electron chi connectivity index (χ0n) is 19.8. The zero-order valence-corrected chi connectivity index (χ0v) is 21.3. The van der Waals surface area contributed by atoms with Gasteiger partial charge in [-0.2, -0.15) is 8.42 Å². The van der Waals surface area contributed by atoms with Crippen LogP contribution in [0.4, 0.5) is 17.1 Å². The highest BCUT2D eigenvalue weighted by atomic mass is 35.5. The molecule has 0 saturated heterocycles. The predicted molar refractivity (Wildman–Crippen MR) is 141 cm³/mol. The number of aromatic hydroxyl groups is 1. The number of nitrogens with one attached hydrogen (secondary N) is 1. The Hall–Kier alpha value is -3.99. The molecule has 3 N–H and O–H groups in total. The Balaban J connectivity index is 1.77. The molecule has 37 heavy (non-hydrogen) atoms. The number of anilines is 1. The van der Waals surface area contributed by atoms with Gasteiger partial charge < -0.3 is 15.2 Å². The Bertz CT molecular complexity index is 1640. The summed E-state index contributed by atoms with van der Waals surface area (Å²) in [5.41, 5.74) is 0.820. The van der Waals surface area contributed by atoms with Gasteiger partial charge in [-0.05, 0) is 59.8 Å². The summed E-state index contributed by atoms with van der Waals surface area (Å²) in [5.74, 6) is -0.327. The van der Waals surface area contributed by atoms with Crippen molar-refractivity contribution in [2.75, 3.05) is 12.4 Å². The van der Waals surface area contributed by atoms with Crippen molar-refractivity contribution >= 4 is 55.5 Å². The van der Waals surface area contributed by atoms with Crippen molar-refractivity contribution in [2.24, 2.45) is 10.2 Å². The van der Waals surface area contributed by atoms with Gasteiger partial charge in [-0.1, -0.05) is 42.8 Å². The first kappa shape index (κ1) is 26.1. The molecule has 0 atom stereocenters. The fourth-order valence-electron chi connectivity index (χ4n) is 3.81. The van der Waals surface area contributed by atoms with Crippen molar-refractivity contribution in [1.29, 1.82) is 0 Å². The van der Waals surface area contributed by atoms with Gasteiger partial charge in [-0.3, -0.25) is 9.35 Å². The summed E-state index contributed by atoms with van der Waals surface area (Å²) in [6.07, 6.45) is 0.215. The van der Waals surface area contributed by atoms with Crippen LogP contribution in [0.25, 0.3) is 10.8 Å². The first-order valence-corrected chi connectivity index (χ1v) is 12.9. The number of rotatable bonds is 7. The van der Waals surface area contributed by atoms with Gasteiger partial charge in [-0.25, -0.2) is 0 Å². The molecule has 0 saturated carbocycles. The molecule has 0 heterocycles. The van der Waals surface area contributed by atoms with E-state index in [0.29, 0.717) is 22.2 Å². The smallest absolute Gasteiger partial charge is 0.294 e. The second-order valence-electron chi connectivity index (χ2n) is 7.93. The summed E-state index contributed by atoms with van der Waals surface area (Å²) in [4.78, 5) is 12.7. The molecule has 190 valence electrons. The van der Waals surface area contributed by atoms with E-state index >= 15 is 0 Å². The first-order chi connectivity index (χ1) is 17.6. The average molecular weight is 540 g/mol. The van der Waals surface area contributed by atoms with Gasteiger partial charge >= 0.3 is 0 Å². The maximum atomic E-state index is 13.1. The van der Waals surface area contributed by atoms with Gasteiger partial charge in [0, 0.05) is 11.1 Å². The highest BCUT2D eigenvalue weighted by molar-refractivity contribution is 7.85. The number of phenols is 1. The quantitative estimate of drug-likeness (QED) is 0.177. The maximum absolute atomic E-state index is 13.1. The van der Waals surface area contributed by atoms with Crippen molar-refractivity contribution in [2.45, 2.75) is 18.2 Å². The molecule has 11 heteroatoms. The number of benzene rings is 4. The number of fused-ring (bicyclic) bond motifs is 1. The summed E-state index contributed by atoms with van der Waals surface area (Å²) < 4.78 is 38.0. The SMILES string of the molecule is CCc1c(S(=O)(=O)O)ccc(N=Nc2c(O)c(C(=O)Nc3ccc(OC)cc3)cc3ccccc23)c1Cl. The van der Waals surface area contributed by atoms with Crippen LogP contribution in [-0.4, -0.2) is 31.1 Å². The van der Waals surface area contributed by atoms with E-state index in [1.807, 2.05) is 0 Å². The molecule has 0 bridgehead atoms. The molecule has 4 aromatic carbocycles. The number of hydrogen-bond acceptors (Lipinski definition) is 7. The number of hydrogen-bond donors (Lipinski definition) is 3. The summed E-state index contributed by atoms with van der Waals surface area (Å²) in [7, 11) is -2.94. The van der Waals surface area contributed by atoms with Crippen LogP contribution in [0.1, 0.15) is 22.8 Å². The number of ether oxygens (including phenoxy) is 1. The number of amides is 1. The number of methoxy groups -OCH3 is 1. The Morgan fingerprint density at radius 2 is 1.76 bits per heavy atom. The lowest BCUT2D eigenvalue weighted by Gasteiger charge is -2.12. The Morgan fingerprint density at radius 3 is 2.41 bits per heavy atom. The van der Waals surface area contributed by atoms with Gasteiger partial charge in [0.25, 0.3) is 16.0 Å². The summed E-state index contributed by atoms with van der Waals surface area (Å²) in [5, 5.41) is 23.3. The predicted octanol–water partition coefficient (Wildman–Crippen LogP) is 6.68. The third-order valence-corrected chi connectivity index (χ3v) is 7.02. The van der Waals surface area contributed by atoms with Crippen molar-refractivity contribution in [3.63, 3.8) is 0 Å². The summed E-state index contributed by atoms with van der Waals surface area (Å²) >= 11 is 6.37. The van der Waals surface area contributed by atoms with E-state index in [0.717, 1.165) is 0 Å². The molecule has 0 unspecified atom stereocenters. The van der Waals surface area contributed by atoms with E-state index < -0.39 is 21.8 Å². The van der Waals surface area contributed by atoms with E-state index in [9.17, 15) is 22.9 Å². The molecule has 0 aliphatic heterocycles. The van der Waals surface area contributed by atoms with Crippen LogP contribution < -0.4 is 10.1 Å². The number of halogens is 1. The largest absolute Gasteiger partial charge is 0.505 e. The topological polar surface area (TPSA) is 138 Å². The highest BCUT2D eigenvalue weighted by Crippen LogP contribution is 2.41. The van der Waals surface area contributed by atoms with Crippen LogP contribution in [-0.2, 0) is 16.5 Å². The van der Waals surface area contributed by atoms with Gasteiger partial charge in [0.15, 0.2) is 5.75 Å². The molecule has 4 rings (SSSR count). The van der Waals surface area contributed by atoms with Crippen LogP contribution in [0.15, 0.2) is 81.9 Å². The molecule has 0 aliphatic carbocycles. The Morgan fingerprint density at radius 1 is 1.05 bits per heavy atom. The molecule has 9 nitrogen and oxygen atoms in total. The summed E-state index contributed by atoms with van der Waals surface area (Å²) in [6, 6.07) is 17.8. The number of carbonyl (C=O) groups is 1. The number of nitrogens with zero attached hydrogens (tertiary/aromatic N) is 2. The average Bonchev–Trinajstić information content (AvgIpc) is 2.88. The van der Waals surface area contributed by atoms with Crippen LogP contribution in [0.2, 0.25) is 5.02 Å². The van der Waals surface area contributed by atoms with Crippen molar-refractivity contribution in [3.8, 4) is 11.5 Å². The number of azo groups is 1. The maximum Gasteiger partial charge on any atom is 0.294 e. The lowest BCUT2D eigenvalue weighted by Crippen LogP contribution is -2.12. The summed E-state index contributed by atoms with van der Waals surface area (Å²) in [6.45, 7) is 1.68. The molecular weight excluding hydrogens is 518 g/mol. The second kappa shape index (κ2) is 10.6. The zero-order chi connectivity index (χ0) is 26.7. The normalized spacial score (nSPS) is 11.7. The van der Waals surface area contributed by atoms with Gasteiger partial charge in [0.2, 0.25) is 0 Å². The van der Waals surface area contributed by atoms with E-state index in [1.54, 1.807) is 61.5 Å². The fraction of sp³-hybridized carbons (Fsp3) is 0.115. The van der Waals surface area contributed by atoms with Gasteiger partial charge in [-0.15, -0.1) is 10.2 Å². The van der Waals surface area contributed by atoms with Crippen molar-refractivity contribution in [1.82, 2.24) is 0 Å². The second-order valence-corrected chi connectivity index (χ2v) is 9.70. The lowest BCUT2D eigenvalue weighted by molar-refractivity contribution is 0.102. The van der Waals surface area contributed by atoms with E-state index in [4.69, 9.17) is 16.3 Å². The van der Waals surface area contributed by atoms with E-state index in [-0.39, 0.29) is 38.8 Å². The van der Waals surface area contributed by atoms with Crippen molar-refractivity contribution in [3.05, 3.63) is 82.9 Å². The minimum atomic E-state index is -4.48. The van der Waals surface area contributed by atoms with Gasteiger partial charge in [0.05, 0.1) is 22.6 Å². The number of phenolic OH excluding ortho intramolecular Hbond substituents is 1. The Labute approximate surface area is 218 Å². The Kier molecular flexibility index (Phi) is 7.44.